The molecule has 0 aliphatic carbocycles. The van der Waals surface area contributed by atoms with Gasteiger partial charge in [-0.05, 0) is 31.0 Å². The van der Waals surface area contributed by atoms with Crippen LogP contribution >= 0.6 is 0 Å². The van der Waals surface area contributed by atoms with Crippen LogP contribution in [0.15, 0.2) is 49.1 Å². The Labute approximate surface area is 90.3 Å². The molecule has 0 spiro atoms. The summed E-state index contributed by atoms with van der Waals surface area (Å²) in [6.07, 6.45) is 2.69. The van der Waals surface area contributed by atoms with Crippen molar-refractivity contribution in [1.29, 1.82) is 0 Å². The molecule has 0 atom stereocenters. The lowest BCUT2D eigenvalue weighted by Crippen LogP contribution is -2.11. The zero-order chi connectivity index (χ0) is 11.3. The predicted molar refractivity (Wildman–Crippen MR) is 63.8 cm³/mol. The van der Waals surface area contributed by atoms with Gasteiger partial charge in [-0.2, -0.15) is 0 Å². The average Bonchev–Trinajstić information content (AvgIpc) is 2.21. The monoisotopic (exact) mass is 201 g/mol. The van der Waals surface area contributed by atoms with Crippen LogP contribution in [0.2, 0.25) is 0 Å². The van der Waals surface area contributed by atoms with Crippen LogP contribution in [0.4, 0.5) is 5.69 Å². The van der Waals surface area contributed by atoms with E-state index >= 15 is 0 Å². The highest BCUT2D eigenvalue weighted by molar-refractivity contribution is 6.02. The Balaban J connectivity index is 2.68. The molecule has 1 amide bonds. The topological polar surface area (TPSA) is 29.1 Å². The molecule has 0 saturated heterocycles. The number of carbonyl (C=O) groups excluding carboxylic acids is 1. The molecule has 1 rings (SSSR count). The van der Waals surface area contributed by atoms with E-state index in [2.05, 4.69) is 18.5 Å². The first-order valence-electron chi connectivity index (χ1n) is 4.80. The third-order valence-electron chi connectivity index (χ3n) is 1.98. The largest absolute Gasteiger partial charge is 0.322 e. The predicted octanol–water partition coefficient (Wildman–Crippen LogP) is 2.93. The molecule has 0 aromatic heterocycles. The molecular weight excluding hydrogens is 186 g/mol. The first-order chi connectivity index (χ1) is 7.13. The molecule has 2 heteroatoms. The Hall–Kier alpha value is -1.83. The molecule has 0 heterocycles. The summed E-state index contributed by atoms with van der Waals surface area (Å²) < 4.78 is 0. The molecule has 1 aromatic rings. The minimum atomic E-state index is -0.147. The molecule has 0 fully saturated rings. The third-order valence-corrected chi connectivity index (χ3v) is 1.98. The summed E-state index contributed by atoms with van der Waals surface area (Å²) in [6.45, 7) is 8.92. The maximum atomic E-state index is 11.3. The number of hydrogen-bond acceptors (Lipinski definition) is 1. The van der Waals surface area contributed by atoms with Crippen LogP contribution < -0.4 is 5.32 Å². The molecule has 78 valence electrons. The zero-order valence-corrected chi connectivity index (χ0v) is 8.92. The summed E-state index contributed by atoms with van der Waals surface area (Å²) in [4.78, 5) is 11.3. The summed E-state index contributed by atoms with van der Waals surface area (Å²) in [5.41, 5.74) is 2.47. The maximum Gasteiger partial charge on any atom is 0.250 e. The molecule has 0 bridgehead atoms. The van der Waals surface area contributed by atoms with Crippen LogP contribution in [0, 0.1) is 0 Å². The van der Waals surface area contributed by atoms with E-state index in [1.165, 1.54) is 5.56 Å². The zero-order valence-electron chi connectivity index (χ0n) is 8.92. The van der Waals surface area contributed by atoms with Gasteiger partial charge in [0.1, 0.15) is 0 Å². The molecule has 1 aromatic carbocycles. The highest BCUT2D eigenvalue weighted by atomic mass is 16.1. The maximum absolute atomic E-state index is 11.3. The van der Waals surface area contributed by atoms with E-state index in [1.807, 2.05) is 30.3 Å². The lowest BCUT2D eigenvalue weighted by Gasteiger charge is -2.05. The van der Waals surface area contributed by atoms with Crippen molar-refractivity contribution in [3.63, 3.8) is 0 Å². The molecule has 0 saturated carbocycles. The number of nitrogens with one attached hydrogen (secondary N) is 1. The number of hydrogen-bond donors (Lipinski definition) is 1. The Morgan fingerprint density at radius 1 is 1.40 bits per heavy atom. The van der Waals surface area contributed by atoms with E-state index in [1.54, 1.807) is 6.92 Å². The number of carbonyl (C=O) groups is 1. The summed E-state index contributed by atoms with van der Waals surface area (Å²) in [5, 5.41) is 2.75. The van der Waals surface area contributed by atoms with E-state index in [9.17, 15) is 4.79 Å². The molecule has 15 heavy (non-hydrogen) atoms. The van der Waals surface area contributed by atoms with E-state index < -0.39 is 0 Å². The van der Waals surface area contributed by atoms with Crippen LogP contribution in [-0.4, -0.2) is 5.91 Å². The molecule has 0 aliphatic heterocycles. The number of benzene rings is 1. The van der Waals surface area contributed by atoms with Crippen molar-refractivity contribution >= 4 is 11.6 Å². The van der Waals surface area contributed by atoms with Gasteiger partial charge in [-0.15, -0.1) is 6.58 Å². The fraction of sp³-hybridized carbons (Fsp3) is 0.154. The van der Waals surface area contributed by atoms with Gasteiger partial charge in [0.15, 0.2) is 0 Å². The number of amides is 1. The number of anilines is 1. The van der Waals surface area contributed by atoms with Gasteiger partial charge >= 0.3 is 0 Å². The Bertz CT molecular complexity index is 376. The summed E-state index contributed by atoms with van der Waals surface area (Å²) in [6, 6.07) is 7.69. The number of allylic oxidation sites excluding steroid dienone is 1. The Morgan fingerprint density at radius 2 is 2.00 bits per heavy atom. The average molecular weight is 201 g/mol. The minimum absolute atomic E-state index is 0.147. The van der Waals surface area contributed by atoms with Crippen LogP contribution in [0.3, 0.4) is 0 Å². The van der Waals surface area contributed by atoms with E-state index in [-0.39, 0.29) is 5.91 Å². The van der Waals surface area contributed by atoms with Crippen LogP contribution in [0.1, 0.15) is 12.5 Å². The van der Waals surface area contributed by atoms with Crippen LogP contribution in [0.25, 0.3) is 0 Å². The minimum Gasteiger partial charge on any atom is -0.322 e. The van der Waals surface area contributed by atoms with E-state index in [4.69, 9.17) is 0 Å². The fourth-order valence-electron chi connectivity index (χ4n) is 1.13. The van der Waals surface area contributed by atoms with Gasteiger partial charge in [-0.1, -0.05) is 24.8 Å². The second-order valence-electron chi connectivity index (χ2n) is 3.42. The van der Waals surface area contributed by atoms with Crippen molar-refractivity contribution in [2.75, 3.05) is 5.32 Å². The van der Waals surface area contributed by atoms with Gasteiger partial charge in [-0.3, -0.25) is 4.79 Å². The highest BCUT2D eigenvalue weighted by Crippen LogP contribution is 2.11. The smallest absolute Gasteiger partial charge is 0.250 e. The summed E-state index contributed by atoms with van der Waals surface area (Å²) in [5.74, 6) is -0.147. The lowest BCUT2D eigenvalue weighted by atomic mass is 10.1. The third kappa shape index (κ3) is 3.43. The molecule has 0 radical (unpaired) electrons. The van der Waals surface area contributed by atoms with Gasteiger partial charge in [0, 0.05) is 11.3 Å². The van der Waals surface area contributed by atoms with Crippen molar-refractivity contribution in [3.05, 3.63) is 54.6 Å². The standard InChI is InChI=1S/C13H15NO/c1-4-5-11-6-8-12(9-7-11)14-13(15)10(2)3/h4,6-9H,1-2,5H2,3H3,(H,14,15). The first kappa shape index (κ1) is 11.2. The van der Waals surface area contributed by atoms with Crippen LogP contribution in [0.5, 0.6) is 0 Å². The van der Waals surface area contributed by atoms with Crippen molar-refractivity contribution in [2.45, 2.75) is 13.3 Å². The molecular formula is C13H15NO. The van der Waals surface area contributed by atoms with E-state index in [0.717, 1.165) is 12.1 Å². The van der Waals surface area contributed by atoms with Crippen LogP contribution in [-0.2, 0) is 11.2 Å². The summed E-state index contributed by atoms with van der Waals surface area (Å²) >= 11 is 0. The molecule has 0 aliphatic rings. The SMILES string of the molecule is C=CCc1ccc(NC(=O)C(=C)C)cc1. The first-order valence-corrected chi connectivity index (χ1v) is 4.80. The van der Waals surface area contributed by atoms with Gasteiger partial charge in [0.25, 0.3) is 5.91 Å². The van der Waals surface area contributed by atoms with Crippen molar-refractivity contribution in [3.8, 4) is 0 Å². The summed E-state index contributed by atoms with van der Waals surface area (Å²) in [7, 11) is 0. The Morgan fingerprint density at radius 3 is 2.47 bits per heavy atom. The second kappa shape index (κ2) is 5.15. The fourth-order valence-corrected chi connectivity index (χ4v) is 1.13. The normalized spacial score (nSPS) is 9.40. The molecule has 0 unspecified atom stereocenters. The van der Waals surface area contributed by atoms with Gasteiger partial charge in [0.2, 0.25) is 0 Å². The van der Waals surface area contributed by atoms with Crippen molar-refractivity contribution < 1.29 is 4.79 Å². The quantitative estimate of drug-likeness (QED) is 0.589. The number of rotatable bonds is 4. The van der Waals surface area contributed by atoms with Gasteiger partial charge in [0.05, 0.1) is 0 Å². The van der Waals surface area contributed by atoms with E-state index in [0.29, 0.717) is 5.57 Å². The highest BCUT2D eigenvalue weighted by Gasteiger charge is 2.01. The Kier molecular flexibility index (Phi) is 3.86. The van der Waals surface area contributed by atoms with Crippen molar-refractivity contribution in [2.24, 2.45) is 0 Å². The van der Waals surface area contributed by atoms with Gasteiger partial charge in [-0.25, -0.2) is 0 Å². The lowest BCUT2D eigenvalue weighted by molar-refractivity contribution is -0.112. The molecule has 2 nitrogen and oxygen atoms in total. The van der Waals surface area contributed by atoms with Gasteiger partial charge < -0.3 is 5.32 Å². The molecule has 1 N–H and O–H groups in total. The second-order valence-corrected chi connectivity index (χ2v) is 3.42. The van der Waals surface area contributed by atoms with Crippen molar-refractivity contribution in [1.82, 2.24) is 0 Å².